The van der Waals surface area contributed by atoms with Gasteiger partial charge in [-0.1, -0.05) is 0 Å². The van der Waals surface area contributed by atoms with Crippen LogP contribution in [0.2, 0.25) is 0 Å². The molecular formula is C12H23NO6. The van der Waals surface area contributed by atoms with Crippen molar-refractivity contribution in [3.63, 3.8) is 0 Å². The van der Waals surface area contributed by atoms with E-state index in [4.69, 9.17) is 18.9 Å². The van der Waals surface area contributed by atoms with E-state index in [2.05, 4.69) is 5.32 Å². The number of esters is 1. The minimum atomic E-state index is -1.06. The maximum atomic E-state index is 11.8. The lowest BCUT2D eigenvalue weighted by molar-refractivity contribution is -0.178. The average Bonchev–Trinajstić information content (AvgIpc) is 2.36. The van der Waals surface area contributed by atoms with Gasteiger partial charge in [0, 0.05) is 13.2 Å². The molecule has 0 heterocycles. The molecule has 0 aliphatic rings. The van der Waals surface area contributed by atoms with Crippen molar-refractivity contribution in [2.24, 2.45) is 0 Å². The van der Waals surface area contributed by atoms with Crippen LogP contribution in [0, 0.1) is 0 Å². The van der Waals surface area contributed by atoms with Gasteiger partial charge >= 0.3 is 12.1 Å². The molecule has 0 fully saturated rings. The topological polar surface area (TPSA) is 83.1 Å². The Hall–Kier alpha value is -1.34. The highest BCUT2D eigenvalue weighted by Gasteiger charge is 2.33. The van der Waals surface area contributed by atoms with E-state index in [-0.39, 0.29) is 13.2 Å². The van der Waals surface area contributed by atoms with Crippen molar-refractivity contribution in [3.8, 4) is 0 Å². The lowest BCUT2D eigenvalue weighted by Gasteiger charge is -2.25. The first-order valence-electron chi connectivity index (χ1n) is 6.43. The van der Waals surface area contributed by atoms with Crippen molar-refractivity contribution in [3.05, 3.63) is 0 Å². The lowest BCUT2D eigenvalue weighted by Crippen LogP contribution is -2.51. The number of nitrogens with one attached hydrogen (secondary N) is 1. The smallest absolute Gasteiger partial charge is 0.407 e. The van der Waals surface area contributed by atoms with E-state index in [0.717, 1.165) is 0 Å². The number of ether oxygens (including phenoxy) is 4. The van der Waals surface area contributed by atoms with Crippen molar-refractivity contribution in [2.45, 2.75) is 40.0 Å². The lowest BCUT2D eigenvalue weighted by atomic mass is 10.3. The molecule has 0 aliphatic heterocycles. The van der Waals surface area contributed by atoms with Gasteiger partial charge in [0.05, 0.1) is 13.2 Å². The van der Waals surface area contributed by atoms with Crippen LogP contribution in [0.4, 0.5) is 4.79 Å². The molecule has 0 aromatic rings. The van der Waals surface area contributed by atoms with E-state index in [9.17, 15) is 9.59 Å². The van der Waals surface area contributed by atoms with E-state index in [0.29, 0.717) is 13.2 Å². The number of hydrogen-bond acceptors (Lipinski definition) is 6. The van der Waals surface area contributed by atoms with E-state index in [1.165, 1.54) is 0 Å². The highest BCUT2D eigenvalue weighted by atomic mass is 16.7. The van der Waals surface area contributed by atoms with E-state index in [1.54, 1.807) is 27.7 Å². The highest BCUT2D eigenvalue weighted by molar-refractivity contribution is 5.81. The highest BCUT2D eigenvalue weighted by Crippen LogP contribution is 2.05. The standard InChI is InChI=1S/C12H23NO6/c1-5-16-10(14)9(13-12(15)19-8-4)11(17-6-2)18-7-3/h9,11H,5-8H2,1-4H3,(H,13,15). The third-order valence-electron chi connectivity index (χ3n) is 2.02. The third kappa shape index (κ3) is 6.97. The summed E-state index contributed by atoms with van der Waals surface area (Å²) in [5.41, 5.74) is 0. The number of hydrogen-bond donors (Lipinski definition) is 1. The van der Waals surface area contributed by atoms with Crippen LogP contribution in [0.1, 0.15) is 27.7 Å². The van der Waals surface area contributed by atoms with E-state index in [1.807, 2.05) is 0 Å². The third-order valence-corrected chi connectivity index (χ3v) is 2.02. The fourth-order valence-corrected chi connectivity index (χ4v) is 1.34. The normalized spacial score (nSPS) is 12.1. The first kappa shape index (κ1) is 17.7. The largest absolute Gasteiger partial charge is 0.464 e. The molecule has 0 saturated carbocycles. The molecule has 7 heteroatoms. The van der Waals surface area contributed by atoms with Crippen molar-refractivity contribution >= 4 is 12.1 Å². The minimum absolute atomic E-state index is 0.199. The Morgan fingerprint density at radius 3 is 1.84 bits per heavy atom. The molecule has 0 aromatic heterocycles. The molecule has 0 spiro atoms. The second-order valence-corrected chi connectivity index (χ2v) is 3.37. The van der Waals surface area contributed by atoms with Gasteiger partial charge in [-0.2, -0.15) is 0 Å². The molecular weight excluding hydrogens is 254 g/mol. The van der Waals surface area contributed by atoms with Crippen molar-refractivity contribution in [1.29, 1.82) is 0 Å². The summed E-state index contributed by atoms with van der Waals surface area (Å²) >= 11 is 0. The zero-order chi connectivity index (χ0) is 14.7. The zero-order valence-electron chi connectivity index (χ0n) is 11.9. The van der Waals surface area contributed by atoms with Crippen LogP contribution in [-0.4, -0.2) is 50.8 Å². The van der Waals surface area contributed by atoms with Gasteiger partial charge in [0.15, 0.2) is 12.3 Å². The SMILES string of the molecule is CCOC(=O)NC(C(=O)OCC)C(OCC)OCC. The van der Waals surface area contributed by atoms with E-state index < -0.39 is 24.4 Å². The Kier molecular flexibility index (Phi) is 9.82. The van der Waals surface area contributed by atoms with Crippen LogP contribution in [0.3, 0.4) is 0 Å². The van der Waals surface area contributed by atoms with Gasteiger partial charge < -0.3 is 24.3 Å². The first-order chi connectivity index (χ1) is 9.10. The van der Waals surface area contributed by atoms with Crippen LogP contribution in [0.15, 0.2) is 0 Å². The number of alkyl carbamates (subject to hydrolysis) is 1. The molecule has 0 radical (unpaired) electrons. The van der Waals surface area contributed by atoms with Crippen LogP contribution in [0.5, 0.6) is 0 Å². The molecule has 1 N–H and O–H groups in total. The van der Waals surface area contributed by atoms with Crippen LogP contribution in [0.25, 0.3) is 0 Å². The fourth-order valence-electron chi connectivity index (χ4n) is 1.34. The Morgan fingerprint density at radius 2 is 1.42 bits per heavy atom. The van der Waals surface area contributed by atoms with Crippen molar-refractivity contribution in [1.82, 2.24) is 5.32 Å². The van der Waals surface area contributed by atoms with Gasteiger partial charge in [0.2, 0.25) is 0 Å². The van der Waals surface area contributed by atoms with Crippen LogP contribution >= 0.6 is 0 Å². The van der Waals surface area contributed by atoms with Crippen molar-refractivity contribution < 1.29 is 28.5 Å². The summed E-state index contributed by atoms with van der Waals surface area (Å²) in [6.07, 6.45) is -1.62. The molecule has 19 heavy (non-hydrogen) atoms. The van der Waals surface area contributed by atoms with Crippen LogP contribution in [-0.2, 0) is 23.7 Å². The molecule has 0 aromatic carbocycles. The number of rotatable bonds is 9. The van der Waals surface area contributed by atoms with Gasteiger partial charge in [-0.15, -0.1) is 0 Å². The maximum absolute atomic E-state index is 11.8. The minimum Gasteiger partial charge on any atom is -0.464 e. The Balaban J connectivity index is 4.78. The predicted octanol–water partition coefficient (Wildman–Crippen LogP) is 1.06. The molecule has 0 bridgehead atoms. The predicted molar refractivity (Wildman–Crippen MR) is 67.6 cm³/mol. The summed E-state index contributed by atoms with van der Waals surface area (Å²) in [6.45, 7) is 7.95. The Morgan fingerprint density at radius 1 is 0.895 bits per heavy atom. The van der Waals surface area contributed by atoms with Gasteiger partial charge in [-0.25, -0.2) is 9.59 Å². The average molecular weight is 277 g/mol. The van der Waals surface area contributed by atoms with E-state index >= 15 is 0 Å². The summed E-state index contributed by atoms with van der Waals surface area (Å²) in [5.74, 6) is -0.623. The monoisotopic (exact) mass is 277 g/mol. The molecule has 1 unspecified atom stereocenters. The maximum Gasteiger partial charge on any atom is 0.407 e. The number of carbonyl (C=O) groups excluding carboxylic acids is 2. The number of carbonyl (C=O) groups is 2. The molecule has 1 atom stereocenters. The molecule has 0 aliphatic carbocycles. The molecule has 1 amide bonds. The summed E-state index contributed by atoms with van der Waals surface area (Å²) in [7, 11) is 0. The Bertz CT molecular complexity index is 265. The number of amides is 1. The summed E-state index contributed by atoms with van der Waals surface area (Å²) in [5, 5.41) is 2.39. The summed E-state index contributed by atoms with van der Waals surface area (Å²) in [6, 6.07) is -1.06. The van der Waals surface area contributed by atoms with Gasteiger partial charge in [-0.3, -0.25) is 0 Å². The zero-order valence-corrected chi connectivity index (χ0v) is 11.9. The van der Waals surface area contributed by atoms with Crippen molar-refractivity contribution in [2.75, 3.05) is 26.4 Å². The molecule has 0 rings (SSSR count). The Labute approximate surface area is 113 Å². The van der Waals surface area contributed by atoms with Gasteiger partial charge in [-0.05, 0) is 27.7 Å². The molecule has 0 saturated heterocycles. The summed E-state index contributed by atoms with van der Waals surface area (Å²) in [4.78, 5) is 23.2. The van der Waals surface area contributed by atoms with Gasteiger partial charge in [0.25, 0.3) is 0 Å². The van der Waals surface area contributed by atoms with Gasteiger partial charge in [0.1, 0.15) is 0 Å². The quantitative estimate of drug-likeness (QED) is 0.501. The van der Waals surface area contributed by atoms with Crippen LogP contribution < -0.4 is 5.32 Å². The fraction of sp³-hybridized carbons (Fsp3) is 0.833. The summed E-state index contributed by atoms with van der Waals surface area (Å²) < 4.78 is 20.2. The molecule has 7 nitrogen and oxygen atoms in total. The molecule has 112 valence electrons. The second-order valence-electron chi connectivity index (χ2n) is 3.37. The second kappa shape index (κ2) is 10.6. The first-order valence-corrected chi connectivity index (χ1v) is 6.43.